The molecule has 11 heteroatoms. The Labute approximate surface area is 227 Å². The first kappa shape index (κ1) is 29.3. The number of hydrogen-bond acceptors (Lipinski definition) is 4. The van der Waals surface area contributed by atoms with Gasteiger partial charge in [-0.15, -0.1) is 0 Å². The third-order valence-electron chi connectivity index (χ3n) is 6.82. The van der Waals surface area contributed by atoms with Gasteiger partial charge in [0, 0.05) is 24.1 Å². The topological polar surface area (TPSA) is 38.8 Å². The lowest BCUT2D eigenvalue weighted by Gasteiger charge is -2.28. The summed E-state index contributed by atoms with van der Waals surface area (Å²) in [4.78, 5) is 13.5. The van der Waals surface area contributed by atoms with Gasteiger partial charge in [0.25, 0.3) is 0 Å². The maximum Gasteiger partial charge on any atom is 0.418 e. The zero-order valence-corrected chi connectivity index (χ0v) is 22.1. The standard InChI is InChI=1S/C28H29F6NO3S/c1-18-6-10-20(11-7-18)38-21-4-2-3-5-22(21)39-23-12-8-19(9-13-24(36)35-14-16-37-17-15-35)25(27(29,30)31)26(23)28(32,33)34/h2-5,8-9,12-13,18,20H,6-7,10-11,14-17H2,1H3. The maximum atomic E-state index is 14.3. The fraction of sp³-hybridized carbons (Fsp3) is 0.464. The minimum atomic E-state index is -5.32. The zero-order chi connectivity index (χ0) is 28.2. The molecule has 4 nitrogen and oxygen atoms in total. The molecule has 0 radical (unpaired) electrons. The molecular formula is C28H29F6NO3S. The molecule has 0 spiro atoms. The number of ether oxygens (including phenoxy) is 2. The number of para-hydroxylation sites is 1. The van der Waals surface area contributed by atoms with E-state index >= 15 is 0 Å². The molecule has 2 aromatic carbocycles. The van der Waals surface area contributed by atoms with Gasteiger partial charge in [0.15, 0.2) is 0 Å². The molecule has 1 aliphatic heterocycles. The van der Waals surface area contributed by atoms with E-state index in [0.29, 0.717) is 28.3 Å². The minimum absolute atomic E-state index is 0.104. The van der Waals surface area contributed by atoms with Crippen molar-refractivity contribution in [2.75, 3.05) is 26.3 Å². The lowest BCUT2D eigenvalue weighted by molar-refractivity contribution is -0.163. The van der Waals surface area contributed by atoms with Crippen molar-refractivity contribution in [1.29, 1.82) is 0 Å². The summed E-state index contributed by atoms with van der Waals surface area (Å²) in [7, 11) is 0. The first-order valence-corrected chi connectivity index (χ1v) is 13.5. The first-order valence-electron chi connectivity index (χ1n) is 12.7. The molecule has 4 rings (SSSR count). The van der Waals surface area contributed by atoms with Crippen LogP contribution in [0.3, 0.4) is 0 Å². The highest BCUT2D eigenvalue weighted by Gasteiger charge is 2.46. The van der Waals surface area contributed by atoms with Crippen molar-refractivity contribution >= 4 is 23.7 Å². The lowest BCUT2D eigenvalue weighted by atomic mass is 9.89. The molecule has 1 saturated heterocycles. The van der Waals surface area contributed by atoms with Gasteiger partial charge in [0.1, 0.15) is 5.75 Å². The van der Waals surface area contributed by atoms with Crippen molar-refractivity contribution in [3.8, 4) is 5.75 Å². The number of alkyl halides is 6. The summed E-state index contributed by atoms with van der Waals surface area (Å²) < 4.78 is 96.6. The van der Waals surface area contributed by atoms with E-state index in [1.165, 1.54) is 11.0 Å². The molecule has 212 valence electrons. The van der Waals surface area contributed by atoms with Crippen LogP contribution in [0.1, 0.15) is 49.3 Å². The monoisotopic (exact) mass is 573 g/mol. The van der Waals surface area contributed by atoms with Crippen LogP contribution in [0.2, 0.25) is 0 Å². The van der Waals surface area contributed by atoms with Crippen molar-refractivity contribution in [2.45, 2.75) is 60.9 Å². The third kappa shape index (κ3) is 7.51. The molecule has 39 heavy (non-hydrogen) atoms. The second-order valence-electron chi connectivity index (χ2n) is 9.72. The highest BCUT2D eigenvalue weighted by Crippen LogP contribution is 2.49. The average Bonchev–Trinajstić information content (AvgIpc) is 2.89. The Balaban J connectivity index is 1.69. The van der Waals surface area contributed by atoms with E-state index < -0.39 is 39.8 Å². The van der Waals surface area contributed by atoms with E-state index in [1.54, 1.807) is 18.2 Å². The van der Waals surface area contributed by atoms with Crippen molar-refractivity contribution in [3.05, 3.63) is 59.2 Å². The molecule has 1 saturated carbocycles. The number of carbonyl (C=O) groups is 1. The molecule has 0 unspecified atom stereocenters. The summed E-state index contributed by atoms with van der Waals surface area (Å²) in [6, 6.07) is 8.41. The average molecular weight is 574 g/mol. The Morgan fingerprint density at radius 1 is 0.923 bits per heavy atom. The van der Waals surface area contributed by atoms with E-state index in [-0.39, 0.29) is 32.4 Å². The lowest BCUT2D eigenvalue weighted by Crippen LogP contribution is -2.39. The fourth-order valence-electron chi connectivity index (χ4n) is 4.74. The maximum absolute atomic E-state index is 14.3. The second kappa shape index (κ2) is 12.2. The summed E-state index contributed by atoms with van der Waals surface area (Å²) in [6.45, 7) is 3.21. The third-order valence-corrected chi connectivity index (χ3v) is 7.94. The number of rotatable bonds is 6. The quantitative estimate of drug-likeness (QED) is 0.262. The van der Waals surface area contributed by atoms with Crippen LogP contribution in [0, 0.1) is 5.92 Å². The van der Waals surface area contributed by atoms with Gasteiger partial charge in [0.05, 0.1) is 35.3 Å². The van der Waals surface area contributed by atoms with Gasteiger partial charge in [-0.2, -0.15) is 26.3 Å². The van der Waals surface area contributed by atoms with E-state index in [9.17, 15) is 31.1 Å². The molecular weight excluding hydrogens is 544 g/mol. The van der Waals surface area contributed by atoms with Gasteiger partial charge in [-0.1, -0.05) is 36.9 Å². The number of benzene rings is 2. The molecule has 2 fully saturated rings. The van der Waals surface area contributed by atoms with Gasteiger partial charge in [-0.3, -0.25) is 4.79 Å². The van der Waals surface area contributed by atoms with Crippen molar-refractivity contribution in [1.82, 2.24) is 4.90 Å². The van der Waals surface area contributed by atoms with Crippen LogP contribution in [0.15, 0.2) is 52.3 Å². The van der Waals surface area contributed by atoms with Crippen LogP contribution in [-0.2, 0) is 21.9 Å². The smallest absolute Gasteiger partial charge is 0.418 e. The van der Waals surface area contributed by atoms with Crippen LogP contribution >= 0.6 is 11.8 Å². The largest absolute Gasteiger partial charge is 0.489 e. The number of halogens is 6. The normalized spacial score (nSPS) is 20.8. The molecule has 1 heterocycles. The van der Waals surface area contributed by atoms with Crippen LogP contribution in [0.5, 0.6) is 5.75 Å². The molecule has 1 amide bonds. The Bertz CT molecular complexity index is 1180. The molecule has 0 aromatic heterocycles. The summed E-state index contributed by atoms with van der Waals surface area (Å²) in [6.07, 6.45) is -5.52. The Morgan fingerprint density at radius 2 is 1.56 bits per heavy atom. The summed E-state index contributed by atoms with van der Waals surface area (Å²) in [5.41, 5.74) is -4.35. The first-order chi connectivity index (χ1) is 18.4. The van der Waals surface area contributed by atoms with Gasteiger partial charge in [-0.05, 0) is 61.4 Å². The van der Waals surface area contributed by atoms with Gasteiger partial charge >= 0.3 is 12.4 Å². The minimum Gasteiger partial charge on any atom is -0.489 e. The van der Waals surface area contributed by atoms with Crippen LogP contribution in [0.4, 0.5) is 26.3 Å². The number of amides is 1. The summed E-state index contributed by atoms with van der Waals surface area (Å²) in [5.74, 6) is 0.312. The highest BCUT2D eigenvalue weighted by molar-refractivity contribution is 7.99. The predicted octanol–water partition coefficient (Wildman–Crippen LogP) is 7.70. The highest BCUT2D eigenvalue weighted by atomic mass is 32.2. The zero-order valence-electron chi connectivity index (χ0n) is 21.3. The number of hydrogen-bond donors (Lipinski definition) is 0. The van der Waals surface area contributed by atoms with Crippen LogP contribution in [0.25, 0.3) is 6.08 Å². The number of morpholine rings is 1. The van der Waals surface area contributed by atoms with Crippen LogP contribution in [-0.4, -0.2) is 43.2 Å². The summed E-state index contributed by atoms with van der Waals surface area (Å²) >= 11 is 0.585. The molecule has 1 aliphatic carbocycles. The molecule has 0 N–H and O–H groups in total. The summed E-state index contributed by atoms with van der Waals surface area (Å²) in [5, 5.41) is 0. The number of carbonyl (C=O) groups excluding carboxylic acids is 1. The van der Waals surface area contributed by atoms with Gasteiger partial charge in [-0.25, -0.2) is 0 Å². The number of nitrogens with zero attached hydrogens (tertiary/aromatic N) is 1. The van der Waals surface area contributed by atoms with E-state index in [4.69, 9.17) is 9.47 Å². The van der Waals surface area contributed by atoms with E-state index in [0.717, 1.165) is 50.0 Å². The molecule has 2 aliphatic rings. The molecule has 0 bridgehead atoms. The fourth-order valence-corrected chi connectivity index (χ4v) is 5.79. The second-order valence-corrected chi connectivity index (χ2v) is 10.8. The van der Waals surface area contributed by atoms with Gasteiger partial charge < -0.3 is 14.4 Å². The SMILES string of the molecule is CC1CCC(Oc2ccccc2Sc2ccc(C=CC(=O)N3CCOCC3)c(C(F)(F)F)c2C(F)(F)F)CC1. The van der Waals surface area contributed by atoms with Crippen molar-refractivity contribution < 1.29 is 40.6 Å². The molecule has 2 aromatic rings. The molecule has 0 atom stereocenters. The van der Waals surface area contributed by atoms with Crippen LogP contribution < -0.4 is 4.74 Å². The van der Waals surface area contributed by atoms with Crippen molar-refractivity contribution in [2.24, 2.45) is 5.92 Å². The van der Waals surface area contributed by atoms with Crippen molar-refractivity contribution in [3.63, 3.8) is 0 Å². The van der Waals surface area contributed by atoms with Gasteiger partial charge in [0.2, 0.25) is 5.91 Å². The van der Waals surface area contributed by atoms with E-state index in [1.807, 2.05) is 0 Å². The Hall–Kier alpha value is -2.66. The van der Waals surface area contributed by atoms with E-state index in [2.05, 4.69) is 6.92 Å². The Morgan fingerprint density at radius 3 is 2.21 bits per heavy atom. The predicted molar refractivity (Wildman–Crippen MR) is 135 cm³/mol. The Kier molecular flexibility index (Phi) is 9.21.